The molecule has 1 saturated heterocycles. The van der Waals surface area contributed by atoms with E-state index in [2.05, 4.69) is 28.1 Å². The molecule has 0 radical (unpaired) electrons. The first-order valence-electron chi connectivity index (χ1n) is 11.1. The first-order valence-corrected chi connectivity index (χ1v) is 15.5. The van der Waals surface area contributed by atoms with E-state index in [9.17, 15) is 48.7 Å². The molecule has 230 valence electrons. The van der Waals surface area contributed by atoms with E-state index in [1.165, 1.54) is 18.2 Å². The molecule has 0 saturated carbocycles. The third-order valence-electron chi connectivity index (χ3n) is 5.37. The maximum absolute atomic E-state index is 11.8. The van der Waals surface area contributed by atoms with Crippen molar-refractivity contribution in [2.75, 3.05) is 12.3 Å². The van der Waals surface area contributed by atoms with Gasteiger partial charge < -0.3 is 49.5 Å². The van der Waals surface area contributed by atoms with E-state index >= 15 is 0 Å². The van der Waals surface area contributed by atoms with E-state index in [1.54, 1.807) is 6.07 Å². The number of nitrogens with zero attached hydrogens (tertiary/aromatic N) is 5. The van der Waals surface area contributed by atoms with Crippen LogP contribution in [0.1, 0.15) is 11.8 Å². The number of rotatable bonds is 12. The van der Waals surface area contributed by atoms with Gasteiger partial charge in [0.05, 0.1) is 23.4 Å². The van der Waals surface area contributed by atoms with E-state index in [0.29, 0.717) is 0 Å². The number of nitro groups is 1. The number of anilines is 1. The third kappa shape index (κ3) is 11.3. The molecule has 0 amide bonds. The van der Waals surface area contributed by atoms with Gasteiger partial charge in [0, 0.05) is 6.07 Å². The number of aliphatic hydroxyl groups is 2. The molecule has 1 aromatic carbocycles. The van der Waals surface area contributed by atoms with Crippen LogP contribution in [0.3, 0.4) is 0 Å². The monoisotopic (exact) mass is 724 g/mol. The van der Waals surface area contributed by atoms with Crippen LogP contribution in [0, 0.1) is 10.1 Å². The number of nitro benzene ring substituents is 1. The molecule has 22 nitrogen and oxygen atoms in total. The molecule has 3 aromatic rings. The van der Waals surface area contributed by atoms with Crippen molar-refractivity contribution < 1.29 is 160 Å². The number of nitrogens with two attached hydrogens (primary N) is 1. The maximum Gasteiger partial charge on any atom is 1.00 e. The van der Waals surface area contributed by atoms with Gasteiger partial charge >= 0.3 is 88.7 Å². The van der Waals surface area contributed by atoms with Crippen molar-refractivity contribution in [1.82, 2.24) is 19.5 Å². The zero-order valence-corrected chi connectivity index (χ0v) is 32.1. The zero-order chi connectivity index (χ0) is 31.0. The Bertz CT molecular complexity index is 1650. The summed E-state index contributed by atoms with van der Waals surface area (Å²) in [6.45, 7) is -1.47. The van der Waals surface area contributed by atoms with E-state index in [-0.39, 0.29) is 130 Å². The molecule has 7 atom stereocenters. The number of benzene rings is 1. The van der Waals surface area contributed by atoms with Crippen LogP contribution < -0.4 is 114 Å². The Labute approximate surface area is 318 Å². The van der Waals surface area contributed by atoms with E-state index in [1.807, 2.05) is 0 Å². The molecular formula is C17H18N6Na3O16P3. The van der Waals surface area contributed by atoms with Crippen molar-refractivity contribution in [3.8, 4) is 5.88 Å². The minimum Gasteiger partial charge on any atom is -0.756 e. The van der Waals surface area contributed by atoms with Crippen LogP contribution in [0.2, 0.25) is 0 Å². The van der Waals surface area contributed by atoms with Gasteiger partial charge in [-0.3, -0.25) is 28.4 Å². The summed E-state index contributed by atoms with van der Waals surface area (Å²) < 4.78 is 56.8. The topological polar surface area (TPSA) is 340 Å². The average Bonchev–Trinajstić information content (AvgIpc) is 3.39. The average molecular weight is 724 g/mol. The van der Waals surface area contributed by atoms with Crippen molar-refractivity contribution >= 4 is 46.3 Å². The number of phosphoric acid groups is 3. The summed E-state index contributed by atoms with van der Waals surface area (Å²) in [6.07, 6.45) is -5.74. The van der Waals surface area contributed by atoms with Gasteiger partial charge in [-0.2, -0.15) is 9.97 Å². The largest absolute Gasteiger partial charge is 1.00 e. The summed E-state index contributed by atoms with van der Waals surface area (Å²) >= 11 is 0. The molecule has 4 rings (SSSR count). The molecule has 3 unspecified atom stereocenters. The number of nitrogen functional groups attached to an aromatic ring is 1. The van der Waals surface area contributed by atoms with Gasteiger partial charge in [0.25, 0.3) is 29.2 Å². The minimum absolute atomic E-state index is 0. The molecule has 1 aliphatic rings. The maximum atomic E-state index is 11.8. The second kappa shape index (κ2) is 17.1. The molecule has 45 heavy (non-hydrogen) atoms. The van der Waals surface area contributed by atoms with Crippen LogP contribution in [-0.2, 0) is 38.2 Å². The fourth-order valence-electron chi connectivity index (χ4n) is 3.70. The predicted octanol–water partition coefficient (Wildman–Crippen LogP) is -11.0. The number of para-hydroxylation sites is 1. The van der Waals surface area contributed by atoms with Crippen molar-refractivity contribution in [3.05, 3.63) is 46.3 Å². The SMILES string of the molecule is Nc1nc(OCc2ccccc2[N+](=O)[O-])c2ncn([C@@H]3O[C@H](COP(=O)([O-])OP(=O)([O-])OP(=O)([O-])O)[C@@H](O)[C@H]3O)c2n1.[Na+].[Na+].[Na+]. The van der Waals surface area contributed by atoms with Gasteiger partial charge in [-0.1, -0.05) is 12.1 Å². The second-order valence-electron chi connectivity index (χ2n) is 8.25. The van der Waals surface area contributed by atoms with Crippen LogP contribution >= 0.6 is 23.5 Å². The summed E-state index contributed by atoms with van der Waals surface area (Å²) in [5.74, 6) is -0.560. The van der Waals surface area contributed by atoms with Gasteiger partial charge in [0.2, 0.25) is 11.8 Å². The second-order valence-corrected chi connectivity index (χ2v) is 12.5. The summed E-state index contributed by atoms with van der Waals surface area (Å²) in [5, 5.41) is 32.2. The van der Waals surface area contributed by atoms with Crippen molar-refractivity contribution in [2.24, 2.45) is 0 Å². The number of hydrogen-bond acceptors (Lipinski definition) is 19. The molecular weight excluding hydrogens is 706 g/mol. The number of fused-ring (bicyclic) bond motifs is 1. The molecule has 0 spiro atoms. The fourth-order valence-corrected chi connectivity index (χ4v) is 6.60. The number of phosphoric ester groups is 1. The van der Waals surface area contributed by atoms with Gasteiger partial charge in [0.1, 0.15) is 24.9 Å². The van der Waals surface area contributed by atoms with Gasteiger partial charge in [-0.25, -0.2) is 13.6 Å². The van der Waals surface area contributed by atoms with Crippen LogP contribution in [0.5, 0.6) is 5.88 Å². The Kier molecular flexibility index (Phi) is 16.4. The molecule has 1 aliphatic heterocycles. The predicted molar refractivity (Wildman–Crippen MR) is 126 cm³/mol. The number of hydrogen-bond donors (Lipinski definition) is 4. The molecule has 0 aliphatic carbocycles. The van der Waals surface area contributed by atoms with Crippen molar-refractivity contribution in [1.29, 1.82) is 0 Å². The summed E-state index contributed by atoms with van der Waals surface area (Å²) in [6, 6.07) is 5.74. The number of aromatic nitrogens is 4. The zero-order valence-electron chi connectivity index (χ0n) is 23.4. The number of imidazole rings is 1. The molecule has 28 heteroatoms. The van der Waals surface area contributed by atoms with Crippen LogP contribution in [0.4, 0.5) is 11.6 Å². The molecule has 5 N–H and O–H groups in total. The van der Waals surface area contributed by atoms with Gasteiger partial charge in [0.15, 0.2) is 17.4 Å². The molecule has 0 bridgehead atoms. The summed E-state index contributed by atoms with van der Waals surface area (Å²) in [4.78, 5) is 64.8. The Balaban J connectivity index is 0.00000337. The number of aliphatic hydroxyl groups excluding tert-OH is 2. The van der Waals surface area contributed by atoms with E-state index in [0.717, 1.165) is 10.9 Å². The van der Waals surface area contributed by atoms with Crippen LogP contribution in [0.15, 0.2) is 30.6 Å². The summed E-state index contributed by atoms with van der Waals surface area (Å²) in [7, 11) is -18.0. The minimum atomic E-state index is -6.16. The summed E-state index contributed by atoms with van der Waals surface area (Å²) in [5.41, 5.74) is 5.59. The van der Waals surface area contributed by atoms with Gasteiger partial charge in [-0.15, -0.1) is 0 Å². The normalized spacial score (nSPS) is 23.3. The molecule has 2 aromatic heterocycles. The van der Waals surface area contributed by atoms with Crippen LogP contribution in [-0.4, -0.2) is 64.5 Å². The smallest absolute Gasteiger partial charge is 0.756 e. The number of ether oxygens (including phenoxy) is 2. The Morgan fingerprint density at radius 1 is 1.02 bits per heavy atom. The van der Waals surface area contributed by atoms with Crippen molar-refractivity contribution in [2.45, 2.75) is 31.1 Å². The third-order valence-corrected chi connectivity index (χ3v) is 9.06. The van der Waals surface area contributed by atoms with E-state index < -0.39 is 59.5 Å². The quantitative estimate of drug-likeness (QED) is 0.0583. The van der Waals surface area contributed by atoms with Crippen LogP contribution in [0.25, 0.3) is 11.2 Å². The first-order chi connectivity index (χ1) is 19.5. The van der Waals surface area contributed by atoms with E-state index in [4.69, 9.17) is 20.1 Å². The first kappa shape index (κ1) is 43.1. The molecule has 1 fully saturated rings. The van der Waals surface area contributed by atoms with Crippen molar-refractivity contribution in [3.63, 3.8) is 0 Å². The van der Waals surface area contributed by atoms with Gasteiger partial charge in [-0.05, 0) is 6.07 Å². The Hall–Kier alpha value is 0.0600. The Morgan fingerprint density at radius 3 is 2.29 bits per heavy atom. The standard InChI is InChI=1S/C17H21N6O16P3.3Na/c18-17-20-14-11(15(21-17)35-5-8-3-1-2-4-9(8)23(26)27)19-7-22(14)16-13(25)12(24)10(37-16)6-36-41(31,32)39-42(33,34)38-40(28,29)30;;;/h1-4,7,10,12-13,16,24-25H,5-6H2,(H,31,32)(H,33,34)(H2,18,20,21)(H2,28,29,30);;;/q;3*+1/p-3/t10-,12-,13-,16-;;;/m1.../s1. The Morgan fingerprint density at radius 2 is 1.67 bits per heavy atom. The molecule has 3 heterocycles. The fraction of sp³-hybridized carbons (Fsp3) is 0.353.